The number of ether oxygens (including phenoxy) is 7. The van der Waals surface area contributed by atoms with Crippen molar-refractivity contribution >= 4 is 5.97 Å². The van der Waals surface area contributed by atoms with Crippen molar-refractivity contribution in [2.24, 2.45) is 0 Å². The SMILES string of the molecule is CCOC1(C(=O)OCCN(CCOCCOC)CCOCCOC)c2ccccc2Oc2ccccc21. The molecule has 9 heteroatoms. The van der Waals surface area contributed by atoms with E-state index >= 15 is 0 Å². The number of hydrogen-bond acceptors (Lipinski definition) is 9. The van der Waals surface area contributed by atoms with Gasteiger partial charge in [0.25, 0.3) is 0 Å². The molecule has 1 aliphatic heterocycles. The first-order valence-corrected chi connectivity index (χ1v) is 12.7. The van der Waals surface area contributed by atoms with Gasteiger partial charge in [-0.05, 0) is 19.1 Å². The van der Waals surface area contributed by atoms with E-state index in [0.717, 1.165) is 0 Å². The quantitative estimate of drug-likeness (QED) is 0.219. The lowest BCUT2D eigenvalue weighted by atomic mass is 9.83. The Morgan fingerprint density at radius 2 is 1.27 bits per heavy atom. The predicted molar refractivity (Wildman–Crippen MR) is 138 cm³/mol. The molecule has 9 nitrogen and oxygen atoms in total. The second-order valence-corrected chi connectivity index (χ2v) is 8.40. The third-order valence-electron chi connectivity index (χ3n) is 6.01. The van der Waals surface area contributed by atoms with Gasteiger partial charge in [-0.3, -0.25) is 4.90 Å². The zero-order chi connectivity index (χ0) is 26.3. The number of para-hydroxylation sites is 2. The van der Waals surface area contributed by atoms with Crippen molar-refractivity contribution in [3.63, 3.8) is 0 Å². The van der Waals surface area contributed by atoms with Crippen LogP contribution in [0.2, 0.25) is 0 Å². The summed E-state index contributed by atoms with van der Waals surface area (Å²) < 4.78 is 39.5. The Hall–Kier alpha value is -2.53. The Kier molecular flexibility index (Phi) is 12.3. The van der Waals surface area contributed by atoms with Crippen molar-refractivity contribution in [1.29, 1.82) is 0 Å². The van der Waals surface area contributed by atoms with Gasteiger partial charge >= 0.3 is 5.97 Å². The molecule has 0 N–H and O–H groups in total. The molecule has 0 unspecified atom stereocenters. The highest BCUT2D eigenvalue weighted by atomic mass is 16.6. The number of methoxy groups -OCH3 is 2. The van der Waals surface area contributed by atoms with Crippen LogP contribution in [0.1, 0.15) is 18.1 Å². The molecule has 3 rings (SSSR count). The van der Waals surface area contributed by atoms with Crippen LogP contribution in [0.4, 0.5) is 0 Å². The number of nitrogens with zero attached hydrogens (tertiary/aromatic N) is 1. The summed E-state index contributed by atoms with van der Waals surface area (Å²) in [6, 6.07) is 14.8. The molecule has 37 heavy (non-hydrogen) atoms. The van der Waals surface area contributed by atoms with Gasteiger partial charge in [0, 0.05) is 51.6 Å². The Bertz CT molecular complexity index is 894. The highest BCUT2D eigenvalue weighted by Crippen LogP contribution is 2.49. The van der Waals surface area contributed by atoms with Gasteiger partial charge in [-0.25, -0.2) is 4.79 Å². The second-order valence-electron chi connectivity index (χ2n) is 8.40. The molecule has 1 heterocycles. The number of rotatable bonds is 18. The fraction of sp³-hybridized carbons (Fsp3) is 0.536. The third kappa shape index (κ3) is 7.73. The van der Waals surface area contributed by atoms with E-state index in [1.807, 2.05) is 55.5 Å². The van der Waals surface area contributed by atoms with Crippen LogP contribution < -0.4 is 4.74 Å². The van der Waals surface area contributed by atoms with Crippen LogP contribution in [0.15, 0.2) is 48.5 Å². The molecule has 0 aromatic heterocycles. The molecule has 2 aromatic rings. The predicted octanol–water partition coefficient (Wildman–Crippen LogP) is 3.24. The molecule has 0 radical (unpaired) electrons. The molecule has 0 bridgehead atoms. The minimum atomic E-state index is -1.41. The molecular weight excluding hydrogens is 478 g/mol. The molecule has 0 amide bonds. The lowest BCUT2D eigenvalue weighted by molar-refractivity contribution is -0.169. The molecule has 1 aliphatic rings. The number of fused-ring (bicyclic) bond motifs is 2. The van der Waals surface area contributed by atoms with Gasteiger partial charge in [0.05, 0.1) is 39.6 Å². The summed E-state index contributed by atoms with van der Waals surface area (Å²) in [6.07, 6.45) is 0. The fourth-order valence-electron chi connectivity index (χ4n) is 4.19. The van der Waals surface area contributed by atoms with Gasteiger partial charge in [-0.2, -0.15) is 0 Å². The Morgan fingerprint density at radius 1 is 0.757 bits per heavy atom. The van der Waals surface area contributed by atoms with Gasteiger partial charge in [0.2, 0.25) is 5.60 Å². The molecule has 0 fully saturated rings. The summed E-state index contributed by atoms with van der Waals surface area (Å²) in [5, 5.41) is 0. The van der Waals surface area contributed by atoms with Crippen LogP contribution >= 0.6 is 0 Å². The van der Waals surface area contributed by atoms with Crippen LogP contribution in [-0.4, -0.2) is 97.6 Å². The molecule has 0 saturated carbocycles. The topological polar surface area (TPSA) is 84.9 Å². The minimum absolute atomic E-state index is 0.189. The average molecular weight is 518 g/mol. The molecule has 2 aromatic carbocycles. The Labute approximate surface area is 219 Å². The number of esters is 1. The van der Waals surface area contributed by atoms with E-state index in [-0.39, 0.29) is 6.61 Å². The maximum absolute atomic E-state index is 13.8. The highest BCUT2D eigenvalue weighted by molar-refractivity contribution is 5.89. The van der Waals surface area contributed by atoms with E-state index < -0.39 is 11.6 Å². The van der Waals surface area contributed by atoms with E-state index in [0.29, 0.717) is 88.5 Å². The molecule has 0 saturated heterocycles. The molecule has 0 spiro atoms. The summed E-state index contributed by atoms with van der Waals surface area (Å²) in [4.78, 5) is 15.9. The van der Waals surface area contributed by atoms with E-state index in [2.05, 4.69) is 4.90 Å². The van der Waals surface area contributed by atoms with Crippen LogP contribution in [0.3, 0.4) is 0 Å². The van der Waals surface area contributed by atoms with Crippen LogP contribution in [0.25, 0.3) is 0 Å². The van der Waals surface area contributed by atoms with E-state index in [9.17, 15) is 4.79 Å². The number of carbonyl (C=O) groups is 1. The maximum Gasteiger partial charge on any atom is 0.348 e. The van der Waals surface area contributed by atoms with Gasteiger partial charge in [0.1, 0.15) is 18.1 Å². The smallest absolute Gasteiger partial charge is 0.348 e. The van der Waals surface area contributed by atoms with Crippen molar-refractivity contribution in [3.8, 4) is 11.5 Å². The maximum atomic E-state index is 13.8. The Balaban J connectivity index is 1.68. The third-order valence-corrected chi connectivity index (χ3v) is 6.01. The first kappa shape index (κ1) is 29.0. The van der Waals surface area contributed by atoms with Crippen molar-refractivity contribution in [3.05, 3.63) is 59.7 Å². The van der Waals surface area contributed by atoms with Crippen LogP contribution in [0.5, 0.6) is 11.5 Å². The van der Waals surface area contributed by atoms with Gasteiger partial charge < -0.3 is 33.2 Å². The molecule has 0 aliphatic carbocycles. The average Bonchev–Trinajstić information content (AvgIpc) is 2.92. The first-order chi connectivity index (χ1) is 18.2. The lowest BCUT2D eigenvalue weighted by Gasteiger charge is -2.37. The molecule has 0 atom stereocenters. The normalized spacial score (nSPS) is 13.6. The van der Waals surface area contributed by atoms with E-state index in [1.54, 1.807) is 14.2 Å². The van der Waals surface area contributed by atoms with Crippen molar-refractivity contribution < 1.29 is 38.0 Å². The van der Waals surface area contributed by atoms with Crippen molar-refractivity contribution in [1.82, 2.24) is 4.90 Å². The largest absolute Gasteiger partial charge is 0.462 e. The summed E-state index contributed by atoms with van der Waals surface area (Å²) in [5.41, 5.74) is -0.136. The van der Waals surface area contributed by atoms with Crippen molar-refractivity contribution in [2.45, 2.75) is 12.5 Å². The zero-order valence-electron chi connectivity index (χ0n) is 22.1. The van der Waals surface area contributed by atoms with E-state index in [4.69, 9.17) is 33.2 Å². The number of benzene rings is 2. The summed E-state index contributed by atoms with van der Waals surface area (Å²) in [7, 11) is 3.29. The van der Waals surface area contributed by atoms with Gasteiger partial charge in [-0.15, -0.1) is 0 Å². The first-order valence-electron chi connectivity index (χ1n) is 12.7. The summed E-state index contributed by atoms with van der Waals surface area (Å²) >= 11 is 0. The van der Waals surface area contributed by atoms with Gasteiger partial charge in [0.15, 0.2) is 0 Å². The number of carbonyl (C=O) groups excluding carboxylic acids is 1. The summed E-state index contributed by atoms with van der Waals surface area (Å²) in [6.45, 7) is 7.47. The van der Waals surface area contributed by atoms with Crippen LogP contribution in [0, 0.1) is 0 Å². The lowest BCUT2D eigenvalue weighted by Crippen LogP contribution is -2.44. The zero-order valence-corrected chi connectivity index (χ0v) is 22.1. The minimum Gasteiger partial charge on any atom is -0.462 e. The molecule has 204 valence electrons. The second kappa shape index (κ2) is 15.7. The van der Waals surface area contributed by atoms with Crippen LogP contribution in [-0.2, 0) is 38.8 Å². The summed E-state index contributed by atoms with van der Waals surface area (Å²) in [5.74, 6) is 0.689. The highest BCUT2D eigenvalue weighted by Gasteiger charge is 2.51. The van der Waals surface area contributed by atoms with Crippen molar-refractivity contribution in [2.75, 3.05) is 86.7 Å². The fourth-order valence-corrected chi connectivity index (χ4v) is 4.19. The Morgan fingerprint density at radius 3 is 1.78 bits per heavy atom. The number of hydrogen-bond donors (Lipinski definition) is 0. The standard InChI is InChI=1S/C28H39NO8/c1-4-36-28(23-9-5-7-11-25(23)37-26-12-8-6-10-24(26)28)27(30)35-18-15-29(13-16-33-21-19-31-2)14-17-34-22-20-32-3/h5-12H,4,13-22H2,1-3H3. The van der Waals surface area contributed by atoms with E-state index in [1.165, 1.54) is 0 Å². The van der Waals surface area contributed by atoms with Gasteiger partial charge in [-0.1, -0.05) is 36.4 Å². The molecular formula is C28H39NO8. The monoisotopic (exact) mass is 517 g/mol.